The molecular weight excluding hydrogens is 204 g/mol. The Labute approximate surface area is 84.6 Å². The van der Waals surface area contributed by atoms with Gasteiger partial charge in [-0.05, 0) is 12.3 Å². The number of carbonyl (C=O) groups is 1. The highest BCUT2D eigenvalue weighted by Gasteiger charge is 2.19. The molecule has 0 aliphatic carbocycles. The Morgan fingerprint density at radius 1 is 1.50 bits per heavy atom. The molecule has 5 heteroatoms. The summed E-state index contributed by atoms with van der Waals surface area (Å²) >= 11 is 0. The number of sulfone groups is 1. The van der Waals surface area contributed by atoms with Crippen molar-refractivity contribution in [2.75, 3.05) is 25.2 Å². The predicted octanol–water partition coefficient (Wildman–Crippen LogP) is 0.417. The molecule has 0 aromatic rings. The Morgan fingerprint density at radius 2 is 2.21 bits per heavy atom. The first-order chi connectivity index (χ1) is 6.47. The van der Waals surface area contributed by atoms with Crippen LogP contribution < -0.4 is 0 Å². The topological polar surface area (TPSA) is 60.4 Å². The van der Waals surface area contributed by atoms with E-state index in [1.807, 2.05) is 0 Å². The van der Waals surface area contributed by atoms with E-state index in [-0.39, 0.29) is 18.0 Å². The molecule has 1 rings (SSSR count). The van der Waals surface area contributed by atoms with Gasteiger partial charge < -0.3 is 4.74 Å². The van der Waals surface area contributed by atoms with Gasteiger partial charge in [0.2, 0.25) is 0 Å². The van der Waals surface area contributed by atoms with Crippen LogP contribution in [0.3, 0.4) is 0 Å². The fourth-order valence-electron chi connectivity index (χ4n) is 1.47. The van der Waals surface area contributed by atoms with Crippen molar-refractivity contribution in [2.24, 2.45) is 5.92 Å². The average Bonchev–Trinajstić information content (AvgIpc) is 2.52. The molecule has 1 fully saturated rings. The lowest BCUT2D eigenvalue weighted by Gasteiger charge is -2.05. The molecule has 0 radical (unpaired) electrons. The lowest BCUT2D eigenvalue weighted by atomic mass is 10.0. The summed E-state index contributed by atoms with van der Waals surface area (Å²) in [5.41, 5.74) is 0. The minimum atomic E-state index is -3.00. The Morgan fingerprint density at radius 3 is 2.71 bits per heavy atom. The van der Waals surface area contributed by atoms with Crippen LogP contribution in [-0.2, 0) is 19.4 Å². The molecule has 4 nitrogen and oxygen atoms in total. The number of ether oxygens (including phenoxy) is 1. The van der Waals surface area contributed by atoms with Gasteiger partial charge in [-0.15, -0.1) is 0 Å². The summed E-state index contributed by atoms with van der Waals surface area (Å²) in [7, 11) is -3.00. The standard InChI is InChI=1S/C9H16O4S/c1-14(11,12)5-3-9(10)6-8-2-4-13-7-8/h8H,2-7H2,1H3. The second-order valence-electron chi connectivity index (χ2n) is 3.85. The molecule has 0 aromatic heterocycles. The molecule has 1 heterocycles. The molecular formula is C9H16O4S. The highest BCUT2D eigenvalue weighted by Crippen LogP contribution is 2.17. The fourth-order valence-corrected chi connectivity index (χ4v) is 2.07. The molecule has 0 amide bonds. The second-order valence-corrected chi connectivity index (χ2v) is 6.11. The first-order valence-electron chi connectivity index (χ1n) is 4.74. The van der Waals surface area contributed by atoms with Gasteiger partial charge in [-0.25, -0.2) is 8.42 Å². The molecule has 1 saturated heterocycles. The lowest BCUT2D eigenvalue weighted by Crippen LogP contribution is -2.13. The van der Waals surface area contributed by atoms with Crippen molar-refractivity contribution < 1.29 is 17.9 Å². The van der Waals surface area contributed by atoms with Crippen LogP contribution in [0.4, 0.5) is 0 Å². The largest absolute Gasteiger partial charge is 0.381 e. The van der Waals surface area contributed by atoms with Crippen molar-refractivity contribution in [2.45, 2.75) is 19.3 Å². The third-order valence-corrected chi connectivity index (χ3v) is 3.24. The normalized spacial score (nSPS) is 22.5. The van der Waals surface area contributed by atoms with E-state index in [1.54, 1.807) is 0 Å². The molecule has 0 bridgehead atoms. The summed E-state index contributed by atoms with van der Waals surface area (Å²) in [4.78, 5) is 11.3. The lowest BCUT2D eigenvalue weighted by molar-refractivity contribution is -0.119. The van der Waals surface area contributed by atoms with E-state index in [0.717, 1.165) is 19.3 Å². The molecule has 1 aliphatic rings. The van der Waals surface area contributed by atoms with Gasteiger partial charge in [0.25, 0.3) is 0 Å². The SMILES string of the molecule is CS(=O)(=O)CCC(=O)CC1CCOC1. The minimum Gasteiger partial charge on any atom is -0.381 e. The molecule has 82 valence electrons. The van der Waals surface area contributed by atoms with E-state index in [4.69, 9.17) is 4.74 Å². The maximum atomic E-state index is 11.3. The third-order valence-electron chi connectivity index (χ3n) is 2.29. The third kappa shape index (κ3) is 4.72. The smallest absolute Gasteiger partial charge is 0.147 e. The van der Waals surface area contributed by atoms with E-state index in [1.165, 1.54) is 0 Å². The highest BCUT2D eigenvalue weighted by atomic mass is 32.2. The Bertz CT molecular complexity index is 288. The van der Waals surface area contributed by atoms with Gasteiger partial charge in [0.1, 0.15) is 15.6 Å². The van der Waals surface area contributed by atoms with Crippen molar-refractivity contribution in [1.82, 2.24) is 0 Å². The van der Waals surface area contributed by atoms with Crippen LogP contribution >= 0.6 is 0 Å². The minimum absolute atomic E-state index is 0.0284. The maximum absolute atomic E-state index is 11.3. The first-order valence-corrected chi connectivity index (χ1v) is 6.80. The van der Waals surface area contributed by atoms with Crippen LogP contribution in [0.1, 0.15) is 19.3 Å². The molecule has 0 N–H and O–H groups in total. The summed E-state index contributed by atoms with van der Waals surface area (Å²) in [5, 5.41) is 0. The summed E-state index contributed by atoms with van der Waals surface area (Å²) in [6, 6.07) is 0. The Balaban J connectivity index is 2.22. The highest BCUT2D eigenvalue weighted by molar-refractivity contribution is 7.90. The van der Waals surface area contributed by atoms with Crippen LogP contribution in [0.2, 0.25) is 0 Å². The van der Waals surface area contributed by atoms with Crippen LogP contribution in [-0.4, -0.2) is 39.4 Å². The monoisotopic (exact) mass is 220 g/mol. The number of rotatable bonds is 5. The number of carbonyl (C=O) groups excluding carboxylic acids is 1. The van der Waals surface area contributed by atoms with E-state index < -0.39 is 9.84 Å². The van der Waals surface area contributed by atoms with Gasteiger partial charge >= 0.3 is 0 Å². The number of hydrogen-bond acceptors (Lipinski definition) is 4. The molecule has 1 unspecified atom stereocenters. The van der Waals surface area contributed by atoms with Gasteiger partial charge in [-0.1, -0.05) is 0 Å². The summed E-state index contributed by atoms with van der Waals surface area (Å²) in [6.07, 6.45) is 2.69. The summed E-state index contributed by atoms with van der Waals surface area (Å²) in [6.45, 7) is 1.37. The summed E-state index contributed by atoms with van der Waals surface area (Å²) < 4.78 is 26.7. The van der Waals surface area contributed by atoms with Crippen LogP contribution in [0, 0.1) is 5.92 Å². The zero-order valence-electron chi connectivity index (χ0n) is 8.36. The van der Waals surface area contributed by atoms with Gasteiger partial charge in [0.05, 0.1) is 5.75 Å². The van der Waals surface area contributed by atoms with Crippen molar-refractivity contribution >= 4 is 15.6 Å². The van der Waals surface area contributed by atoms with Gasteiger partial charge in [-0.2, -0.15) is 0 Å². The first kappa shape index (κ1) is 11.7. The Kier molecular flexibility index (Phi) is 4.07. The molecule has 0 saturated carbocycles. The number of hydrogen-bond donors (Lipinski definition) is 0. The zero-order valence-corrected chi connectivity index (χ0v) is 9.18. The van der Waals surface area contributed by atoms with E-state index in [2.05, 4.69) is 0 Å². The van der Waals surface area contributed by atoms with Crippen molar-refractivity contribution in [3.8, 4) is 0 Å². The molecule has 0 aromatic carbocycles. The Hall–Kier alpha value is -0.420. The average molecular weight is 220 g/mol. The van der Waals surface area contributed by atoms with Crippen LogP contribution in [0.25, 0.3) is 0 Å². The number of Topliss-reactive ketones (excluding diaryl/α,β-unsaturated/α-hetero) is 1. The van der Waals surface area contributed by atoms with E-state index >= 15 is 0 Å². The molecule has 1 aliphatic heterocycles. The molecule has 1 atom stereocenters. The quantitative estimate of drug-likeness (QED) is 0.673. The maximum Gasteiger partial charge on any atom is 0.147 e. The number of ketones is 1. The molecule has 14 heavy (non-hydrogen) atoms. The van der Waals surface area contributed by atoms with E-state index in [9.17, 15) is 13.2 Å². The van der Waals surface area contributed by atoms with Crippen molar-refractivity contribution in [3.05, 3.63) is 0 Å². The van der Waals surface area contributed by atoms with Crippen LogP contribution in [0.15, 0.2) is 0 Å². The fraction of sp³-hybridized carbons (Fsp3) is 0.889. The van der Waals surface area contributed by atoms with Gasteiger partial charge in [0.15, 0.2) is 0 Å². The van der Waals surface area contributed by atoms with Crippen LogP contribution in [0.5, 0.6) is 0 Å². The molecule has 0 spiro atoms. The van der Waals surface area contributed by atoms with Gasteiger partial charge in [0, 0.05) is 32.3 Å². The van der Waals surface area contributed by atoms with Crippen molar-refractivity contribution in [1.29, 1.82) is 0 Å². The zero-order chi connectivity index (χ0) is 10.6. The predicted molar refractivity (Wildman–Crippen MR) is 52.9 cm³/mol. The van der Waals surface area contributed by atoms with Gasteiger partial charge in [-0.3, -0.25) is 4.79 Å². The van der Waals surface area contributed by atoms with E-state index in [0.29, 0.717) is 18.9 Å². The summed E-state index contributed by atoms with van der Waals surface area (Å²) in [5.74, 6) is 0.312. The van der Waals surface area contributed by atoms with Crippen molar-refractivity contribution in [3.63, 3.8) is 0 Å². The second kappa shape index (κ2) is 4.89.